The summed E-state index contributed by atoms with van der Waals surface area (Å²) in [5.41, 5.74) is 0.0522. The number of nitrogens with zero attached hydrogens (tertiary/aromatic N) is 1. The molecule has 27 heavy (non-hydrogen) atoms. The van der Waals surface area contributed by atoms with Crippen LogP contribution in [0.5, 0.6) is 11.5 Å². The van der Waals surface area contributed by atoms with E-state index in [2.05, 4.69) is 24.5 Å². The maximum atomic E-state index is 9.39. The SMILES string of the molecule is CCNC(=NCC(CC)(CC)CCO)NCC(C)Oc1ccccc1OC. The number of para-hydroxylation sites is 2. The lowest BCUT2D eigenvalue weighted by Crippen LogP contribution is -2.42. The molecule has 0 aliphatic heterocycles. The summed E-state index contributed by atoms with van der Waals surface area (Å²) in [4.78, 5) is 4.76. The van der Waals surface area contributed by atoms with Crippen LogP contribution in [0.4, 0.5) is 0 Å². The molecule has 0 spiro atoms. The molecule has 1 atom stereocenters. The zero-order valence-electron chi connectivity index (χ0n) is 17.5. The van der Waals surface area contributed by atoms with Gasteiger partial charge in [0.1, 0.15) is 6.10 Å². The standard InChI is InChI=1S/C21H37N3O3/c1-6-21(7-2,13-14-25)16-24-20(22-8-3)23-15-17(4)27-19-12-10-9-11-18(19)26-5/h9-12,17,25H,6-8,13-16H2,1-5H3,(H2,22,23,24). The van der Waals surface area contributed by atoms with Crippen LogP contribution in [0, 0.1) is 5.41 Å². The average molecular weight is 380 g/mol. The summed E-state index contributed by atoms with van der Waals surface area (Å²) in [6, 6.07) is 7.64. The van der Waals surface area contributed by atoms with Crippen LogP contribution in [0.15, 0.2) is 29.3 Å². The molecule has 154 valence electrons. The van der Waals surface area contributed by atoms with Gasteiger partial charge in [0.15, 0.2) is 17.5 Å². The van der Waals surface area contributed by atoms with Crippen molar-refractivity contribution in [3.63, 3.8) is 0 Å². The van der Waals surface area contributed by atoms with Crippen LogP contribution in [0.25, 0.3) is 0 Å². The molecular weight excluding hydrogens is 342 g/mol. The number of rotatable bonds is 12. The number of hydrogen-bond acceptors (Lipinski definition) is 4. The number of guanidine groups is 1. The van der Waals surface area contributed by atoms with Crippen molar-refractivity contribution in [2.75, 3.05) is 33.4 Å². The number of nitrogens with one attached hydrogen (secondary N) is 2. The average Bonchev–Trinajstić information content (AvgIpc) is 2.69. The zero-order chi connectivity index (χ0) is 20.1. The molecule has 0 bridgehead atoms. The maximum Gasteiger partial charge on any atom is 0.191 e. The van der Waals surface area contributed by atoms with Crippen LogP contribution in [-0.2, 0) is 0 Å². The molecule has 1 unspecified atom stereocenters. The van der Waals surface area contributed by atoms with Crippen molar-refractivity contribution in [1.29, 1.82) is 0 Å². The minimum absolute atomic E-state index is 0.0512. The van der Waals surface area contributed by atoms with Gasteiger partial charge in [0.2, 0.25) is 0 Å². The van der Waals surface area contributed by atoms with Crippen LogP contribution < -0.4 is 20.1 Å². The second kappa shape index (κ2) is 12.4. The normalized spacial score (nSPS) is 13.2. The molecule has 0 aliphatic rings. The first-order valence-electron chi connectivity index (χ1n) is 9.96. The summed E-state index contributed by atoms with van der Waals surface area (Å²) in [6.07, 6.45) is 2.72. The number of aliphatic imine (C=N–C) groups is 1. The highest BCUT2D eigenvalue weighted by Crippen LogP contribution is 2.30. The van der Waals surface area contributed by atoms with Crippen molar-refractivity contribution in [2.45, 2.75) is 53.1 Å². The number of ether oxygens (including phenoxy) is 2. The third-order valence-corrected chi connectivity index (χ3v) is 5.01. The van der Waals surface area contributed by atoms with E-state index < -0.39 is 0 Å². The molecule has 6 heteroatoms. The Morgan fingerprint density at radius 2 is 1.81 bits per heavy atom. The molecule has 6 nitrogen and oxygen atoms in total. The second-order valence-corrected chi connectivity index (χ2v) is 6.84. The molecule has 0 radical (unpaired) electrons. The Morgan fingerprint density at radius 1 is 1.15 bits per heavy atom. The van der Waals surface area contributed by atoms with Crippen molar-refractivity contribution >= 4 is 5.96 Å². The van der Waals surface area contributed by atoms with Gasteiger partial charge in [-0.25, -0.2) is 0 Å². The first-order valence-corrected chi connectivity index (χ1v) is 9.96. The molecule has 0 aliphatic carbocycles. The van der Waals surface area contributed by atoms with Gasteiger partial charge >= 0.3 is 0 Å². The minimum Gasteiger partial charge on any atom is -0.493 e. The Bertz CT molecular complexity index is 559. The summed E-state index contributed by atoms with van der Waals surface area (Å²) >= 11 is 0. The van der Waals surface area contributed by atoms with Crippen LogP contribution >= 0.6 is 0 Å². The number of aliphatic hydroxyl groups excluding tert-OH is 1. The van der Waals surface area contributed by atoms with Gasteiger partial charge in [-0.1, -0.05) is 26.0 Å². The van der Waals surface area contributed by atoms with Crippen LogP contribution in [0.2, 0.25) is 0 Å². The van der Waals surface area contributed by atoms with Gasteiger partial charge < -0.3 is 25.2 Å². The Morgan fingerprint density at radius 3 is 2.37 bits per heavy atom. The van der Waals surface area contributed by atoms with E-state index in [4.69, 9.17) is 14.5 Å². The molecule has 0 saturated carbocycles. The van der Waals surface area contributed by atoms with Crippen LogP contribution in [0.3, 0.4) is 0 Å². The van der Waals surface area contributed by atoms with E-state index in [9.17, 15) is 5.11 Å². The molecule has 0 aromatic heterocycles. The quantitative estimate of drug-likeness (QED) is 0.384. The van der Waals surface area contributed by atoms with Crippen LogP contribution in [0.1, 0.15) is 47.0 Å². The molecular formula is C21H37N3O3. The van der Waals surface area contributed by atoms with Gasteiger partial charge in [-0.3, -0.25) is 4.99 Å². The Balaban J connectivity index is 2.67. The fourth-order valence-electron chi connectivity index (χ4n) is 2.95. The molecule has 1 aromatic rings. The summed E-state index contributed by atoms with van der Waals surface area (Å²) in [5.74, 6) is 2.23. The minimum atomic E-state index is -0.0512. The van der Waals surface area contributed by atoms with Crippen molar-refractivity contribution in [3.05, 3.63) is 24.3 Å². The van der Waals surface area contributed by atoms with Crippen molar-refractivity contribution in [1.82, 2.24) is 10.6 Å². The smallest absolute Gasteiger partial charge is 0.191 e. The molecule has 0 amide bonds. The second-order valence-electron chi connectivity index (χ2n) is 6.84. The Labute approximate surface area is 164 Å². The topological polar surface area (TPSA) is 75.1 Å². The highest BCUT2D eigenvalue weighted by Gasteiger charge is 2.25. The lowest BCUT2D eigenvalue weighted by atomic mass is 9.79. The zero-order valence-corrected chi connectivity index (χ0v) is 17.5. The number of aliphatic hydroxyl groups is 1. The molecule has 3 N–H and O–H groups in total. The highest BCUT2D eigenvalue weighted by molar-refractivity contribution is 5.79. The first-order chi connectivity index (χ1) is 13.0. The number of hydrogen-bond donors (Lipinski definition) is 3. The molecule has 0 fully saturated rings. The fourth-order valence-corrected chi connectivity index (χ4v) is 2.95. The third-order valence-electron chi connectivity index (χ3n) is 5.01. The van der Waals surface area contributed by atoms with Gasteiger partial charge in [-0.05, 0) is 50.7 Å². The summed E-state index contributed by atoms with van der Waals surface area (Å²) < 4.78 is 11.3. The Hall–Kier alpha value is -1.95. The van der Waals surface area contributed by atoms with E-state index in [0.717, 1.165) is 43.3 Å². The summed E-state index contributed by atoms with van der Waals surface area (Å²) in [6.45, 7) is 10.7. The monoisotopic (exact) mass is 379 g/mol. The van der Waals surface area contributed by atoms with Gasteiger partial charge in [-0.15, -0.1) is 0 Å². The molecule has 1 rings (SSSR count). The predicted molar refractivity (Wildman–Crippen MR) is 112 cm³/mol. The molecule has 0 saturated heterocycles. The van der Waals surface area contributed by atoms with Gasteiger partial charge in [0.05, 0.1) is 13.7 Å². The summed E-state index contributed by atoms with van der Waals surface area (Å²) in [7, 11) is 1.64. The number of benzene rings is 1. The lowest BCUT2D eigenvalue weighted by Gasteiger charge is -2.29. The fraction of sp³-hybridized carbons (Fsp3) is 0.667. The maximum absolute atomic E-state index is 9.39. The third kappa shape index (κ3) is 7.67. The summed E-state index contributed by atoms with van der Waals surface area (Å²) in [5, 5.41) is 16.0. The van der Waals surface area contributed by atoms with Crippen LogP contribution in [-0.4, -0.2) is 50.5 Å². The number of methoxy groups -OCH3 is 1. The van der Waals surface area contributed by atoms with E-state index in [1.165, 1.54) is 0 Å². The van der Waals surface area contributed by atoms with Crippen molar-refractivity contribution < 1.29 is 14.6 Å². The van der Waals surface area contributed by atoms with Gasteiger partial charge in [0.25, 0.3) is 0 Å². The molecule has 0 heterocycles. The van der Waals surface area contributed by atoms with Gasteiger partial charge in [-0.2, -0.15) is 0 Å². The van der Waals surface area contributed by atoms with Crippen molar-refractivity contribution in [3.8, 4) is 11.5 Å². The van der Waals surface area contributed by atoms with E-state index in [1.54, 1.807) is 7.11 Å². The Kier molecular flexibility index (Phi) is 10.6. The van der Waals surface area contributed by atoms with Gasteiger partial charge in [0, 0.05) is 19.7 Å². The first kappa shape index (κ1) is 23.1. The largest absolute Gasteiger partial charge is 0.493 e. The van der Waals surface area contributed by atoms with E-state index >= 15 is 0 Å². The highest BCUT2D eigenvalue weighted by atomic mass is 16.5. The van der Waals surface area contributed by atoms with E-state index in [0.29, 0.717) is 13.1 Å². The molecule has 1 aromatic carbocycles. The lowest BCUT2D eigenvalue weighted by molar-refractivity contribution is 0.175. The van der Waals surface area contributed by atoms with E-state index in [-0.39, 0.29) is 18.1 Å². The predicted octanol–water partition coefficient (Wildman–Crippen LogP) is 3.21. The van der Waals surface area contributed by atoms with Crippen molar-refractivity contribution in [2.24, 2.45) is 10.4 Å². The van der Waals surface area contributed by atoms with E-state index in [1.807, 2.05) is 38.1 Å².